The Balaban J connectivity index is 1.49. The molecular weight excluding hydrogens is 543 g/mol. The molecule has 0 bridgehead atoms. The Hall–Kier alpha value is -3.80. The third-order valence-corrected chi connectivity index (χ3v) is 7.81. The Labute approximate surface area is 233 Å². The summed E-state index contributed by atoms with van der Waals surface area (Å²) in [4.78, 5) is 21.0. The molecule has 214 valence electrons. The van der Waals surface area contributed by atoms with Gasteiger partial charge in [0.15, 0.2) is 0 Å². The molecule has 4 rings (SSSR count). The third kappa shape index (κ3) is 6.67. The Morgan fingerprint density at radius 3 is 2.27 bits per heavy atom. The number of carbonyl (C=O) groups is 1. The zero-order chi connectivity index (χ0) is 29.0. The predicted molar refractivity (Wildman–Crippen MR) is 150 cm³/mol. The summed E-state index contributed by atoms with van der Waals surface area (Å²) >= 11 is 0. The van der Waals surface area contributed by atoms with Gasteiger partial charge in [0.05, 0.1) is 11.6 Å². The second kappa shape index (κ2) is 12.2. The predicted octanol–water partition coefficient (Wildman–Crippen LogP) is 4.12. The van der Waals surface area contributed by atoms with E-state index in [1.54, 1.807) is 32.0 Å². The van der Waals surface area contributed by atoms with E-state index in [4.69, 9.17) is 0 Å². The van der Waals surface area contributed by atoms with Crippen LogP contribution in [-0.4, -0.2) is 52.5 Å². The van der Waals surface area contributed by atoms with E-state index in [-0.39, 0.29) is 18.3 Å². The van der Waals surface area contributed by atoms with Crippen LogP contribution < -0.4 is 19.4 Å². The highest BCUT2D eigenvalue weighted by molar-refractivity contribution is 7.74. The molecule has 12 heteroatoms. The number of anilines is 3. The van der Waals surface area contributed by atoms with Gasteiger partial charge in [-0.25, -0.2) is 13.4 Å². The van der Waals surface area contributed by atoms with Crippen molar-refractivity contribution in [3.05, 3.63) is 83.0 Å². The van der Waals surface area contributed by atoms with Crippen molar-refractivity contribution in [3.8, 4) is 0 Å². The van der Waals surface area contributed by atoms with Crippen molar-refractivity contribution in [2.75, 3.05) is 47.3 Å². The minimum absolute atomic E-state index is 0.0129. The number of amides is 1. The zero-order valence-corrected chi connectivity index (χ0v) is 23.4. The Morgan fingerprint density at radius 2 is 1.68 bits per heavy atom. The van der Waals surface area contributed by atoms with Gasteiger partial charge in [0, 0.05) is 51.0 Å². The third-order valence-electron chi connectivity index (χ3n) is 7.11. The van der Waals surface area contributed by atoms with Gasteiger partial charge in [-0.3, -0.25) is 9.10 Å². The van der Waals surface area contributed by atoms with Gasteiger partial charge >= 0.3 is 6.18 Å². The van der Waals surface area contributed by atoms with E-state index in [0.717, 1.165) is 16.1 Å². The number of aromatic nitrogens is 1. The first-order chi connectivity index (χ1) is 19.0. The number of alkyl halides is 3. The highest BCUT2D eigenvalue weighted by Gasteiger charge is 2.34. The van der Waals surface area contributed by atoms with Gasteiger partial charge in [-0.1, -0.05) is 36.4 Å². The summed E-state index contributed by atoms with van der Waals surface area (Å²) in [6.45, 7) is 5.70. The number of carbonyl (C=O) groups excluding carboxylic acids is 1. The largest absolute Gasteiger partial charge is 0.433 e. The number of rotatable bonds is 8. The van der Waals surface area contributed by atoms with Crippen LogP contribution in [0, 0.1) is 6.92 Å². The fourth-order valence-corrected chi connectivity index (χ4v) is 5.15. The number of nitrogens with one attached hydrogen (secondary N) is 1. The maximum atomic E-state index is 13.5. The smallest absolute Gasteiger partial charge is 0.368 e. The summed E-state index contributed by atoms with van der Waals surface area (Å²) in [7, 11) is -1.34. The lowest BCUT2D eigenvalue weighted by atomic mass is 9.97. The van der Waals surface area contributed by atoms with Crippen LogP contribution in [0.5, 0.6) is 0 Å². The van der Waals surface area contributed by atoms with Gasteiger partial charge in [0.25, 0.3) is 0 Å². The molecule has 0 radical (unpaired) electrons. The van der Waals surface area contributed by atoms with E-state index in [9.17, 15) is 26.4 Å². The lowest BCUT2D eigenvalue weighted by molar-refractivity contribution is -0.141. The summed E-state index contributed by atoms with van der Waals surface area (Å²) in [5.41, 5.74) is 2.47. The topological polar surface area (TPSA) is 85.8 Å². The maximum absolute atomic E-state index is 13.5. The van der Waals surface area contributed by atoms with Crippen LogP contribution in [-0.2, 0) is 28.4 Å². The molecule has 1 aliphatic heterocycles. The quantitative estimate of drug-likeness (QED) is 0.393. The van der Waals surface area contributed by atoms with E-state index >= 15 is 0 Å². The van der Waals surface area contributed by atoms with E-state index in [1.165, 1.54) is 13.1 Å². The molecule has 2 heterocycles. The molecule has 1 atom stereocenters. The molecule has 1 amide bonds. The molecule has 3 aromatic rings. The van der Waals surface area contributed by atoms with Crippen molar-refractivity contribution >= 4 is 34.0 Å². The number of hydrogen-bond acceptors (Lipinski definition) is 6. The van der Waals surface area contributed by atoms with Gasteiger partial charge in [0.1, 0.15) is 11.5 Å². The fourth-order valence-electron chi connectivity index (χ4n) is 4.75. The number of nitrogens with zero attached hydrogens (tertiary/aromatic N) is 4. The van der Waals surface area contributed by atoms with Crippen LogP contribution in [0.2, 0.25) is 0 Å². The van der Waals surface area contributed by atoms with Gasteiger partial charge in [-0.2, -0.15) is 13.2 Å². The number of pyridine rings is 1. The van der Waals surface area contributed by atoms with Crippen LogP contribution in [0.4, 0.5) is 30.4 Å². The number of aryl methyl sites for hydroxylation is 1. The number of thiol groups is 1. The average molecular weight is 576 g/mol. The number of hydrogen-bond donors (Lipinski definition) is 2. The fraction of sp³-hybridized carbons (Fsp3) is 0.357. The molecule has 2 aromatic carbocycles. The number of piperazine rings is 1. The molecule has 1 aromatic heterocycles. The molecule has 1 N–H and O–H groups in total. The highest BCUT2D eigenvalue weighted by Crippen LogP contribution is 2.32. The molecule has 1 saturated heterocycles. The standard InChI is InChI=1S/C28H32F3N5O3S/c1-19-17-21(9-11-24(19)34(3)40(38)39)20(2)27(37)32-18-22-10-12-25(28(29,30)31)33-26(22)36-15-13-35(14-16-36)23-7-5-4-6-8-23/h4-12,17,20,40H,13-16,18H2,1-3H3,(H,32,37). The van der Waals surface area contributed by atoms with Gasteiger partial charge < -0.3 is 15.1 Å². The van der Waals surface area contributed by atoms with E-state index in [2.05, 4.69) is 15.2 Å². The number of benzene rings is 2. The number of para-hydroxylation sites is 1. The van der Waals surface area contributed by atoms with Crippen molar-refractivity contribution < 1.29 is 26.4 Å². The normalized spacial score (nSPS) is 14.8. The zero-order valence-electron chi connectivity index (χ0n) is 22.5. The summed E-state index contributed by atoms with van der Waals surface area (Å²) in [6, 6.07) is 17.2. The summed E-state index contributed by atoms with van der Waals surface area (Å²) < 4.78 is 64.3. The van der Waals surface area contributed by atoms with Crippen molar-refractivity contribution in [2.45, 2.75) is 32.5 Å². The second-order valence-corrected chi connectivity index (χ2v) is 10.8. The molecule has 1 unspecified atom stereocenters. The molecule has 0 aliphatic carbocycles. The molecule has 1 fully saturated rings. The Kier molecular flexibility index (Phi) is 8.87. The van der Waals surface area contributed by atoms with Crippen LogP contribution in [0.1, 0.15) is 35.2 Å². The van der Waals surface area contributed by atoms with Crippen LogP contribution in [0.3, 0.4) is 0 Å². The minimum Gasteiger partial charge on any atom is -0.368 e. The van der Waals surface area contributed by atoms with Gasteiger partial charge in [-0.05, 0) is 49.2 Å². The monoisotopic (exact) mass is 575 g/mol. The average Bonchev–Trinajstić information content (AvgIpc) is 2.95. The Morgan fingerprint density at radius 1 is 1.02 bits per heavy atom. The van der Waals surface area contributed by atoms with Crippen LogP contribution in [0.25, 0.3) is 0 Å². The summed E-state index contributed by atoms with van der Waals surface area (Å²) in [5, 5.41) is 2.84. The van der Waals surface area contributed by atoms with Crippen molar-refractivity contribution in [2.24, 2.45) is 0 Å². The molecular formula is C28H32F3N5O3S. The first-order valence-electron chi connectivity index (χ1n) is 12.8. The molecule has 0 saturated carbocycles. The van der Waals surface area contributed by atoms with Crippen molar-refractivity contribution in [3.63, 3.8) is 0 Å². The molecule has 1 aliphatic rings. The maximum Gasteiger partial charge on any atom is 0.433 e. The van der Waals surface area contributed by atoms with E-state index in [1.807, 2.05) is 35.2 Å². The minimum atomic E-state index is -4.59. The molecule has 8 nitrogen and oxygen atoms in total. The first-order valence-corrected chi connectivity index (χ1v) is 14.0. The Bertz CT molecular complexity index is 1420. The van der Waals surface area contributed by atoms with Crippen molar-refractivity contribution in [1.82, 2.24) is 10.3 Å². The lowest BCUT2D eigenvalue weighted by Gasteiger charge is -2.37. The highest BCUT2D eigenvalue weighted by atomic mass is 32.2. The SMILES string of the molecule is Cc1cc(C(C)C(=O)NCc2ccc(C(F)(F)F)nc2N2CCN(c3ccccc3)CC2)ccc1N(C)[SH](=O)=O. The molecule has 40 heavy (non-hydrogen) atoms. The van der Waals surface area contributed by atoms with Gasteiger partial charge in [-0.15, -0.1) is 0 Å². The van der Waals surface area contributed by atoms with E-state index < -0.39 is 28.7 Å². The first kappa shape index (κ1) is 29.2. The molecule has 0 spiro atoms. The second-order valence-electron chi connectivity index (χ2n) is 9.73. The summed E-state index contributed by atoms with van der Waals surface area (Å²) in [5.74, 6) is -0.667. The number of halogens is 3. The van der Waals surface area contributed by atoms with Crippen LogP contribution in [0.15, 0.2) is 60.7 Å². The van der Waals surface area contributed by atoms with Crippen molar-refractivity contribution in [1.29, 1.82) is 0 Å². The lowest BCUT2D eigenvalue weighted by Crippen LogP contribution is -2.47. The van der Waals surface area contributed by atoms with Crippen LogP contribution >= 0.6 is 0 Å². The van der Waals surface area contributed by atoms with E-state index in [0.29, 0.717) is 48.6 Å². The van der Waals surface area contributed by atoms with Gasteiger partial charge in [0.2, 0.25) is 16.8 Å². The summed E-state index contributed by atoms with van der Waals surface area (Å²) in [6.07, 6.45) is -4.59.